The molecule has 0 unspecified atom stereocenters. The summed E-state index contributed by atoms with van der Waals surface area (Å²) in [5.41, 5.74) is 1.54. The van der Waals surface area contributed by atoms with Gasteiger partial charge in [0.25, 0.3) is 11.8 Å². The fraction of sp³-hybridized carbons (Fsp3) is 0.133. The van der Waals surface area contributed by atoms with E-state index in [0.717, 1.165) is 15.1 Å². The maximum Gasteiger partial charge on any atom is 0.277 e. The van der Waals surface area contributed by atoms with Crippen LogP contribution in [0.25, 0.3) is 5.69 Å². The first-order valence-corrected chi connectivity index (χ1v) is 7.64. The average molecular weight is 377 g/mol. The Morgan fingerprint density at radius 2 is 2.04 bits per heavy atom. The molecule has 118 valence electrons. The highest BCUT2D eigenvalue weighted by Crippen LogP contribution is 2.24. The molecule has 0 saturated carbocycles. The van der Waals surface area contributed by atoms with E-state index in [2.05, 4.69) is 26.3 Å². The van der Waals surface area contributed by atoms with E-state index in [1.54, 1.807) is 23.1 Å². The molecule has 0 bridgehead atoms. The van der Waals surface area contributed by atoms with Crippen molar-refractivity contribution in [2.24, 2.45) is 0 Å². The number of carbonyl (C=O) groups excluding carboxylic acids is 2. The Morgan fingerprint density at radius 1 is 1.26 bits per heavy atom. The summed E-state index contributed by atoms with van der Waals surface area (Å²) in [5.74, 6) is -0.897. The number of rotatable bonds is 5. The van der Waals surface area contributed by atoms with E-state index in [1.165, 1.54) is 6.08 Å². The average Bonchev–Trinajstić information content (AvgIpc) is 3.07. The molecule has 8 heteroatoms. The van der Waals surface area contributed by atoms with Crippen molar-refractivity contribution in [1.29, 1.82) is 0 Å². The Morgan fingerprint density at radius 3 is 2.74 bits per heavy atom. The van der Waals surface area contributed by atoms with E-state index in [9.17, 15) is 9.59 Å². The Bertz CT molecular complexity index is 800. The number of amides is 2. The molecule has 0 atom stereocenters. The van der Waals surface area contributed by atoms with Gasteiger partial charge in [0, 0.05) is 12.3 Å². The van der Waals surface area contributed by atoms with Gasteiger partial charge in [0.15, 0.2) is 0 Å². The summed E-state index contributed by atoms with van der Waals surface area (Å²) in [6.07, 6.45) is 4.67. The van der Waals surface area contributed by atoms with Crippen molar-refractivity contribution < 1.29 is 14.7 Å². The lowest BCUT2D eigenvalue weighted by Gasteiger charge is -2.15. The van der Waals surface area contributed by atoms with Gasteiger partial charge in [-0.3, -0.25) is 14.5 Å². The SMILES string of the molecule is O=C1C=C(Nc2ccccc2-n2cc(Br)cn2)C(=O)N1CCO. The Hall–Kier alpha value is -2.45. The summed E-state index contributed by atoms with van der Waals surface area (Å²) < 4.78 is 2.48. The number of imide groups is 1. The van der Waals surface area contributed by atoms with E-state index in [0.29, 0.717) is 5.69 Å². The zero-order valence-electron chi connectivity index (χ0n) is 11.9. The third kappa shape index (κ3) is 3.03. The summed E-state index contributed by atoms with van der Waals surface area (Å²) >= 11 is 3.34. The first-order valence-electron chi connectivity index (χ1n) is 6.85. The zero-order chi connectivity index (χ0) is 16.4. The van der Waals surface area contributed by atoms with Crippen LogP contribution in [0.15, 0.2) is 52.9 Å². The van der Waals surface area contributed by atoms with Gasteiger partial charge in [-0.25, -0.2) is 4.68 Å². The van der Waals surface area contributed by atoms with Gasteiger partial charge in [-0.1, -0.05) is 12.1 Å². The standard InChI is InChI=1S/C15H13BrN4O3/c16-10-8-17-20(9-10)13-4-2-1-3-11(13)18-12-7-14(22)19(5-6-21)15(12)23/h1-4,7-9,18,21H,5-6H2. The van der Waals surface area contributed by atoms with Gasteiger partial charge in [-0.05, 0) is 28.1 Å². The highest BCUT2D eigenvalue weighted by molar-refractivity contribution is 9.10. The van der Waals surface area contributed by atoms with Crippen molar-refractivity contribution in [2.45, 2.75) is 0 Å². The number of aliphatic hydroxyl groups excluding tert-OH is 1. The molecule has 7 nitrogen and oxygen atoms in total. The quantitative estimate of drug-likeness (QED) is 0.767. The number of benzene rings is 1. The minimum atomic E-state index is -0.458. The number of carbonyl (C=O) groups is 2. The molecule has 0 saturated heterocycles. The molecule has 1 aromatic heterocycles. The van der Waals surface area contributed by atoms with Gasteiger partial charge in [-0.15, -0.1) is 0 Å². The summed E-state index contributed by atoms with van der Waals surface area (Å²) in [4.78, 5) is 25.0. The molecule has 2 heterocycles. The number of nitrogens with one attached hydrogen (secondary N) is 1. The van der Waals surface area contributed by atoms with E-state index >= 15 is 0 Å². The smallest absolute Gasteiger partial charge is 0.277 e. The molecule has 2 amide bonds. The highest BCUT2D eigenvalue weighted by atomic mass is 79.9. The normalized spacial score (nSPS) is 14.3. The molecule has 0 aliphatic carbocycles. The molecule has 0 radical (unpaired) electrons. The first kappa shape index (κ1) is 15.4. The van der Waals surface area contributed by atoms with Crippen molar-refractivity contribution in [2.75, 3.05) is 18.5 Å². The van der Waals surface area contributed by atoms with Crippen LogP contribution in [0, 0.1) is 0 Å². The van der Waals surface area contributed by atoms with Crippen molar-refractivity contribution in [3.05, 3.63) is 52.9 Å². The molecule has 0 fully saturated rings. The van der Waals surface area contributed by atoms with Crippen LogP contribution in [0.4, 0.5) is 5.69 Å². The van der Waals surface area contributed by atoms with Gasteiger partial charge in [0.1, 0.15) is 5.70 Å². The zero-order valence-corrected chi connectivity index (χ0v) is 13.5. The molecular formula is C15H13BrN4O3. The second-order valence-corrected chi connectivity index (χ2v) is 5.74. The Kier molecular flexibility index (Phi) is 4.26. The third-order valence-electron chi connectivity index (χ3n) is 3.30. The van der Waals surface area contributed by atoms with Crippen LogP contribution in [-0.2, 0) is 9.59 Å². The highest BCUT2D eigenvalue weighted by Gasteiger charge is 2.30. The molecule has 23 heavy (non-hydrogen) atoms. The predicted octanol–water partition coefficient (Wildman–Crippen LogP) is 1.29. The maximum atomic E-state index is 12.2. The molecule has 1 aliphatic heterocycles. The Balaban J connectivity index is 1.89. The molecule has 1 aliphatic rings. The molecule has 1 aromatic carbocycles. The second-order valence-electron chi connectivity index (χ2n) is 4.82. The number of aliphatic hydroxyl groups is 1. The van der Waals surface area contributed by atoms with Crippen molar-refractivity contribution in [1.82, 2.24) is 14.7 Å². The van der Waals surface area contributed by atoms with E-state index in [-0.39, 0.29) is 18.8 Å². The molecule has 0 spiro atoms. The second kappa shape index (κ2) is 6.35. The number of β-amino-alcohol motifs (C(OH)–C–C–N with tert-alkyl or cyclic N) is 1. The van der Waals surface area contributed by atoms with Crippen LogP contribution in [0.2, 0.25) is 0 Å². The lowest BCUT2D eigenvalue weighted by atomic mass is 10.2. The fourth-order valence-corrected chi connectivity index (χ4v) is 2.55. The van der Waals surface area contributed by atoms with Gasteiger partial charge in [0.05, 0.1) is 35.2 Å². The summed E-state index contributed by atoms with van der Waals surface area (Å²) in [6.45, 7) is -0.288. The Labute approximate surface area is 140 Å². The van der Waals surface area contributed by atoms with Crippen molar-refractivity contribution in [3.8, 4) is 5.69 Å². The van der Waals surface area contributed by atoms with Crippen LogP contribution in [0.5, 0.6) is 0 Å². The molecule has 2 N–H and O–H groups in total. The third-order valence-corrected chi connectivity index (χ3v) is 3.71. The first-order chi connectivity index (χ1) is 11.1. The lowest BCUT2D eigenvalue weighted by Crippen LogP contribution is -2.34. The van der Waals surface area contributed by atoms with Crippen molar-refractivity contribution >= 4 is 33.4 Å². The van der Waals surface area contributed by atoms with Gasteiger partial charge >= 0.3 is 0 Å². The minimum Gasteiger partial charge on any atom is -0.395 e. The summed E-state index contributed by atoms with van der Waals surface area (Å²) in [7, 11) is 0. The van der Waals surface area contributed by atoms with Crippen LogP contribution >= 0.6 is 15.9 Å². The van der Waals surface area contributed by atoms with Crippen LogP contribution in [0.1, 0.15) is 0 Å². The van der Waals surface area contributed by atoms with Crippen LogP contribution < -0.4 is 5.32 Å². The summed E-state index contributed by atoms with van der Waals surface area (Å²) in [6, 6.07) is 7.30. The number of halogens is 1. The summed E-state index contributed by atoms with van der Waals surface area (Å²) in [5, 5.41) is 16.1. The van der Waals surface area contributed by atoms with E-state index < -0.39 is 11.8 Å². The number of hydrogen-bond acceptors (Lipinski definition) is 5. The predicted molar refractivity (Wildman–Crippen MR) is 86.8 cm³/mol. The largest absolute Gasteiger partial charge is 0.395 e. The molecule has 2 aromatic rings. The minimum absolute atomic E-state index is 0.0207. The monoisotopic (exact) mass is 376 g/mol. The molecule has 3 rings (SSSR count). The van der Waals surface area contributed by atoms with Crippen LogP contribution in [-0.4, -0.2) is 44.8 Å². The number of hydrogen-bond donors (Lipinski definition) is 2. The fourth-order valence-electron chi connectivity index (χ4n) is 2.27. The van der Waals surface area contributed by atoms with E-state index in [1.807, 2.05) is 18.2 Å². The van der Waals surface area contributed by atoms with Gasteiger partial charge in [0.2, 0.25) is 0 Å². The molecular weight excluding hydrogens is 364 g/mol. The topological polar surface area (TPSA) is 87.5 Å². The lowest BCUT2D eigenvalue weighted by molar-refractivity contribution is -0.137. The van der Waals surface area contributed by atoms with Crippen LogP contribution in [0.3, 0.4) is 0 Å². The van der Waals surface area contributed by atoms with Crippen molar-refractivity contribution in [3.63, 3.8) is 0 Å². The maximum absolute atomic E-state index is 12.2. The van der Waals surface area contributed by atoms with Gasteiger partial charge in [-0.2, -0.15) is 5.10 Å². The number of anilines is 1. The number of aromatic nitrogens is 2. The van der Waals surface area contributed by atoms with E-state index in [4.69, 9.17) is 5.11 Å². The van der Waals surface area contributed by atoms with Gasteiger partial charge < -0.3 is 10.4 Å². The number of para-hydroxylation sites is 2. The number of nitrogens with zero attached hydrogens (tertiary/aromatic N) is 3.